The molecular formula is C42H44FN5O3. The number of nitrogens with one attached hydrogen (secondary N) is 1. The smallest absolute Gasteiger partial charge is 0.223 e. The molecule has 0 aliphatic carbocycles. The van der Waals surface area contributed by atoms with Gasteiger partial charge in [0, 0.05) is 87.9 Å². The quantitative estimate of drug-likeness (QED) is 0.116. The zero-order valence-corrected chi connectivity index (χ0v) is 29.0. The van der Waals surface area contributed by atoms with Crippen LogP contribution in [0, 0.1) is 5.82 Å². The molecule has 1 amide bonds. The van der Waals surface area contributed by atoms with Crippen molar-refractivity contribution in [1.29, 1.82) is 0 Å². The minimum atomic E-state index is -0.595. The highest BCUT2D eigenvalue weighted by molar-refractivity contribution is 5.98. The predicted molar refractivity (Wildman–Crippen MR) is 196 cm³/mol. The number of Topliss-reactive ketones (excluding diaryl/α,β-unsaturated/α-hetero) is 1. The van der Waals surface area contributed by atoms with Crippen molar-refractivity contribution >= 4 is 11.7 Å². The van der Waals surface area contributed by atoms with Crippen LogP contribution < -0.4 is 10.1 Å². The lowest BCUT2D eigenvalue weighted by atomic mass is 9.99. The van der Waals surface area contributed by atoms with Crippen molar-refractivity contribution in [3.05, 3.63) is 149 Å². The standard InChI is InChI=1S/C42H44FN5O3/c1-51-41-17-14-36(24-38(41)43)40(49)16-18-42(50)48(37-19-22-47(23-20-37)29-31-6-3-2-4-7-31)30-32-9-12-35(13-10-32)39-15-11-34(28-46-39)27-45-26-33-8-5-21-44-25-33/h2-15,17,21,24-25,28,37,45H,16,18-20,22-23,26-27,29-30H2,1H3. The first kappa shape index (κ1) is 35.6. The number of pyridine rings is 2. The molecule has 1 N–H and O–H groups in total. The molecule has 0 bridgehead atoms. The van der Waals surface area contributed by atoms with E-state index in [0.717, 1.165) is 67.0 Å². The van der Waals surface area contributed by atoms with Crippen LogP contribution in [0.25, 0.3) is 11.3 Å². The molecule has 51 heavy (non-hydrogen) atoms. The van der Waals surface area contributed by atoms with Crippen LogP contribution in [0.15, 0.2) is 116 Å². The van der Waals surface area contributed by atoms with Gasteiger partial charge in [-0.3, -0.25) is 24.5 Å². The summed E-state index contributed by atoms with van der Waals surface area (Å²) < 4.78 is 19.3. The molecule has 1 saturated heterocycles. The Bertz CT molecular complexity index is 1860. The number of hydrogen-bond donors (Lipinski definition) is 1. The molecule has 0 unspecified atom stereocenters. The van der Waals surface area contributed by atoms with Crippen molar-refractivity contribution in [2.45, 2.75) is 57.9 Å². The first-order chi connectivity index (χ1) is 24.9. The third-order valence-corrected chi connectivity index (χ3v) is 9.42. The van der Waals surface area contributed by atoms with Gasteiger partial charge in [0.15, 0.2) is 17.3 Å². The molecule has 8 nitrogen and oxygen atoms in total. The summed E-state index contributed by atoms with van der Waals surface area (Å²) in [6.45, 7) is 4.54. The van der Waals surface area contributed by atoms with Gasteiger partial charge in [0.1, 0.15) is 0 Å². The zero-order chi connectivity index (χ0) is 35.4. The van der Waals surface area contributed by atoms with Crippen molar-refractivity contribution < 1.29 is 18.7 Å². The Morgan fingerprint density at radius 2 is 1.57 bits per heavy atom. The third kappa shape index (κ3) is 9.93. The maximum Gasteiger partial charge on any atom is 0.223 e. The van der Waals surface area contributed by atoms with E-state index in [1.165, 1.54) is 24.8 Å². The summed E-state index contributed by atoms with van der Waals surface area (Å²) >= 11 is 0. The average molecular weight is 686 g/mol. The van der Waals surface area contributed by atoms with Crippen molar-refractivity contribution in [3.8, 4) is 17.0 Å². The Labute approximate surface area is 299 Å². The minimum Gasteiger partial charge on any atom is -0.494 e. The van der Waals surface area contributed by atoms with E-state index in [9.17, 15) is 14.0 Å². The van der Waals surface area contributed by atoms with Crippen LogP contribution in [0.5, 0.6) is 5.75 Å². The highest BCUT2D eigenvalue weighted by atomic mass is 19.1. The Morgan fingerprint density at radius 1 is 0.843 bits per heavy atom. The lowest BCUT2D eigenvalue weighted by Crippen LogP contribution is -2.47. The topological polar surface area (TPSA) is 87.7 Å². The largest absolute Gasteiger partial charge is 0.494 e. The van der Waals surface area contributed by atoms with Crippen LogP contribution in [-0.2, 0) is 31.0 Å². The van der Waals surface area contributed by atoms with Gasteiger partial charge >= 0.3 is 0 Å². The molecule has 6 rings (SSSR count). The van der Waals surface area contributed by atoms with Crippen molar-refractivity contribution in [2.24, 2.45) is 0 Å². The van der Waals surface area contributed by atoms with Crippen molar-refractivity contribution in [2.75, 3.05) is 20.2 Å². The van der Waals surface area contributed by atoms with E-state index >= 15 is 0 Å². The maximum absolute atomic E-state index is 14.3. The van der Waals surface area contributed by atoms with Gasteiger partial charge in [0.25, 0.3) is 0 Å². The van der Waals surface area contributed by atoms with Gasteiger partial charge in [-0.15, -0.1) is 0 Å². The van der Waals surface area contributed by atoms with Gasteiger partial charge in [-0.1, -0.05) is 66.7 Å². The number of halogens is 1. The highest BCUT2D eigenvalue weighted by Gasteiger charge is 2.28. The lowest BCUT2D eigenvalue weighted by molar-refractivity contribution is -0.135. The van der Waals surface area contributed by atoms with Crippen molar-refractivity contribution in [3.63, 3.8) is 0 Å². The molecule has 2 aromatic heterocycles. The summed E-state index contributed by atoms with van der Waals surface area (Å²) in [7, 11) is 1.38. The number of rotatable bonds is 15. The number of ketones is 1. The Kier molecular flexibility index (Phi) is 12.3. The number of piperidine rings is 1. The molecule has 1 aliphatic rings. The summed E-state index contributed by atoms with van der Waals surface area (Å²) in [4.78, 5) is 40.1. The van der Waals surface area contributed by atoms with E-state index in [1.807, 2.05) is 53.7 Å². The fourth-order valence-corrected chi connectivity index (χ4v) is 6.53. The summed E-state index contributed by atoms with van der Waals surface area (Å²) in [6.07, 6.45) is 7.29. The summed E-state index contributed by atoms with van der Waals surface area (Å²) in [5.41, 5.74) is 6.63. The number of likely N-dealkylation sites (tertiary alicyclic amines) is 1. The molecule has 0 radical (unpaired) electrons. The van der Waals surface area contributed by atoms with Crippen LogP contribution in [0.1, 0.15) is 58.3 Å². The Balaban J connectivity index is 1.09. The number of hydrogen-bond acceptors (Lipinski definition) is 7. The molecule has 0 saturated carbocycles. The molecule has 262 valence electrons. The number of ether oxygens (including phenoxy) is 1. The SMILES string of the molecule is COc1ccc(C(=O)CCC(=O)N(Cc2ccc(-c3ccc(CNCc4cccnc4)cn3)cc2)C2CCN(Cc3ccccc3)CC2)cc1F. The van der Waals surface area contributed by atoms with Crippen LogP contribution in [0.4, 0.5) is 4.39 Å². The van der Waals surface area contributed by atoms with Gasteiger partial charge in [-0.05, 0) is 65.4 Å². The van der Waals surface area contributed by atoms with Gasteiger partial charge in [-0.25, -0.2) is 4.39 Å². The Morgan fingerprint density at radius 3 is 2.24 bits per heavy atom. The summed E-state index contributed by atoms with van der Waals surface area (Å²) in [5, 5.41) is 3.43. The van der Waals surface area contributed by atoms with Crippen LogP contribution >= 0.6 is 0 Å². The molecule has 3 aromatic carbocycles. The third-order valence-electron chi connectivity index (χ3n) is 9.42. The van der Waals surface area contributed by atoms with Crippen molar-refractivity contribution in [1.82, 2.24) is 25.1 Å². The van der Waals surface area contributed by atoms with E-state index in [2.05, 4.69) is 57.7 Å². The molecule has 0 atom stereocenters. The second kappa shape index (κ2) is 17.6. The fourth-order valence-electron chi connectivity index (χ4n) is 6.53. The van der Waals surface area contributed by atoms with E-state index in [1.54, 1.807) is 12.3 Å². The number of aromatic nitrogens is 2. The zero-order valence-electron chi connectivity index (χ0n) is 29.0. The normalized spacial score (nSPS) is 13.5. The van der Waals surface area contributed by atoms with Crippen LogP contribution in [0.2, 0.25) is 0 Å². The second-order valence-electron chi connectivity index (χ2n) is 13.0. The second-order valence-corrected chi connectivity index (χ2v) is 13.0. The fraction of sp³-hybridized carbons (Fsp3) is 0.286. The van der Waals surface area contributed by atoms with E-state index in [0.29, 0.717) is 13.1 Å². The molecule has 0 spiro atoms. The summed E-state index contributed by atoms with van der Waals surface area (Å²) in [6, 6.07) is 30.9. The maximum atomic E-state index is 14.3. The highest BCUT2D eigenvalue weighted by Crippen LogP contribution is 2.25. The number of benzene rings is 3. The van der Waals surface area contributed by atoms with Gasteiger partial charge in [0.05, 0.1) is 12.8 Å². The van der Waals surface area contributed by atoms with E-state index in [4.69, 9.17) is 9.72 Å². The molecule has 9 heteroatoms. The molecule has 1 aliphatic heterocycles. The number of carbonyl (C=O) groups excluding carboxylic acids is 2. The molecular weight excluding hydrogens is 641 g/mol. The van der Waals surface area contributed by atoms with Crippen LogP contribution in [-0.4, -0.2) is 57.7 Å². The number of nitrogens with zero attached hydrogens (tertiary/aromatic N) is 4. The van der Waals surface area contributed by atoms with Gasteiger partial charge in [-0.2, -0.15) is 0 Å². The number of amides is 1. The number of carbonyl (C=O) groups is 2. The summed E-state index contributed by atoms with van der Waals surface area (Å²) in [5.74, 6) is -0.856. The first-order valence-electron chi connectivity index (χ1n) is 17.5. The minimum absolute atomic E-state index is 0.00748. The van der Waals surface area contributed by atoms with E-state index < -0.39 is 5.82 Å². The average Bonchev–Trinajstić information content (AvgIpc) is 3.17. The molecule has 1 fully saturated rings. The van der Waals surface area contributed by atoms with E-state index in [-0.39, 0.29) is 41.9 Å². The van der Waals surface area contributed by atoms with Gasteiger partial charge in [0.2, 0.25) is 5.91 Å². The van der Waals surface area contributed by atoms with Gasteiger partial charge < -0.3 is 15.0 Å². The molecule has 3 heterocycles. The predicted octanol–water partition coefficient (Wildman–Crippen LogP) is 7.24. The van der Waals surface area contributed by atoms with Crippen LogP contribution in [0.3, 0.4) is 0 Å². The lowest BCUT2D eigenvalue weighted by Gasteiger charge is -2.39. The monoisotopic (exact) mass is 685 g/mol. The first-order valence-corrected chi connectivity index (χ1v) is 17.5. The Hall–Kier alpha value is -5.25. The molecule has 5 aromatic rings. The number of methoxy groups -OCH3 is 1.